The molecular formula is C22H35BN2O2. The van der Waals surface area contributed by atoms with Crippen molar-refractivity contribution in [2.75, 3.05) is 20.1 Å². The van der Waals surface area contributed by atoms with Gasteiger partial charge in [-0.25, -0.2) is 0 Å². The highest BCUT2D eigenvalue weighted by Gasteiger charge is 2.50. The van der Waals surface area contributed by atoms with E-state index in [9.17, 15) is 0 Å². The van der Waals surface area contributed by atoms with E-state index in [1.54, 1.807) is 0 Å². The van der Waals surface area contributed by atoms with Gasteiger partial charge in [0.25, 0.3) is 0 Å². The Kier molecular flexibility index (Phi) is 5.88. The van der Waals surface area contributed by atoms with Crippen LogP contribution in [0.2, 0.25) is 0 Å². The van der Waals surface area contributed by atoms with Crippen molar-refractivity contribution in [2.24, 2.45) is 0 Å². The maximum Gasteiger partial charge on any atom is 0.487 e. The summed E-state index contributed by atoms with van der Waals surface area (Å²) >= 11 is 0. The molecule has 0 bridgehead atoms. The molecule has 0 aromatic heterocycles. The van der Waals surface area contributed by atoms with E-state index in [2.05, 4.69) is 88.7 Å². The minimum absolute atomic E-state index is 0.290. The topological polar surface area (TPSA) is 24.9 Å². The maximum absolute atomic E-state index is 6.02. The molecule has 0 amide bonds. The number of hydrogen-bond donors (Lipinski definition) is 0. The molecule has 4 nitrogen and oxygen atoms in total. The van der Waals surface area contributed by atoms with Crippen molar-refractivity contribution in [3.8, 4) is 0 Å². The summed E-state index contributed by atoms with van der Waals surface area (Å²) in [5.41, 5.74) is 1.96. The van der Waals surface area contributed by atoms with Gasteiger partial charge in [-0.2, -0.15) is 0 Å². The molecule has 1 aromatic carbocycles. The van der Waals surface area contributed by atoms with Crippen LogP contribution in [0.1, 0.15) is 52.7 Å². The highest BCUT2D eigenvalue weighted by Crippen LogP contribution is 2.37. The van der Waals surface area contributed by atoms with Gasteiger partial charge in [0.1, 0.15) is 0 Å². The summed E-state index contributed by atoms with van der Waals surface area (Å²) in [5.74, 6) is 2.01. The molecule has 2 fully saturated rings. The Bertz CT molecular complexity index is 643. The van der Waals surface area contributed by atoms with E-state index in [-0.39, 0.29) is 18.3 Å². The van der Waals surface area contributed by atoms with Crippen molar-refractivity contribution >= 4 is 13.2 Å². The van der Waals surface area contributed by atoms with E-state index in [1.165, 1.54) is 11.1 Å². The minimum atomic E-state index is -0.290. The van der Waals surface area contributed by atoms with E-state index in [4.69, 9.17) is 9.31 Å². The zero-order chi connectivity index (χ0) is 19.8. The lowest BCUT2D eigenvalue weighted by Gasteiger charge is -2.43. The first-order chi connectivity index (χ1) is 12.6. The van der Waals surface area contributed by atoms with Crippen molar-refractivity contribution in [1.82, 2.24) is 9.80 Å². The number of benzene rings is 1. The third-order valence-electron chi connectivity index (χ3n) is 6.35. The van der Waals surface area contributed by atoms with Crippen molar-refractivity contribution in [2.45, 2.75) is 71.4 Å². The molecule has 148 valence electrons. The third kappa shape index (κ3) is 4.65. The fourth-order valence-electron chi connectivity index (χ4n) is 4.03. The van der Waals surface area contributed by atoms with Crippen LogP contribution in [0.5, 0.6) is 0 Å². The molecule has 2 saturated heterocycles. The Morgan fingerprint density at radius 2 is 1.52 bits per heavy atom. The molecule has 0 N–H and O–H groups in total. The molecule has 0 saturated carbocycles. The third-order valence-corrected chi connectivity index (χ3v) is 6.35. The molecule has 0 unspecified atom stereocenters. The van der Waals surface area contributed by atoms with Crippen molar-refractivity contribution in [3.05, 3.63) is 41.4 Å². The van der Waals surface area contributed by atoms with Crippen LogP contribution in [0.15, 0.2) is 30.2 Å². The molecule has 5 heteroatoms. The quantitative estimate of drug-likeness (QED) is 0.752. The molecule has 3 rings (SSSR count). The molecular weight excluding hydrogens is 335 g/mol. The van der Waals surface area contributed by atoms with Crippen molar-refractivity contribution < 1.29 is 9.31 Å². The van der Waals surface area contributed by atoms with Gasteiger partial charge in [0.05, 0.1) is 11.2 Å². The summed E-state index contributed by atoms with van der Waals surface area (Å²) < 4.78 is 12.0. The second-order valence-corrected chi connectivity index (χ2v) is 9.32. The molecule has 2 heterocycles. The Hall–Kier alpha value is -1.14. The van der Waals surface area contributed by atoms with Gasteiger partial charge in [0, 0.05) is 31.7 Å². The predicted octanol–water partition coefficient (Wildman–Crippen LogP) is 3.86. The first-order valence-corrected chi connectivity index (χ1v) is 10.1. The summed E-state index contributed by atoms with van der Waals surface area (Å²) in [4.78, 5) is 5.03. The van der Waals surface area contributed by atoms with Crippen LogP contribution in [-0.2, 0) is 15.9 Å². The number of likely N-dealkylation sites (N-methyl/N-ethyl adjacent to an activating group) is 1. The fraction of sp³-hybridized carbons (Fsp3) is 0.636. The number of rotatable bonds is 4. The molecule has 0 radical (unpaired) electrons. The van der Waals surface area contributed by atoms with Crippen LogP contribution in [-0.4, -0.2) is 60.3 Å². The Balaban J connectivity index is 1.59. The van der Waals surface area contributed by atoms with Crippen molar-refractivity contribution in [1.29, 1.82) is 0 Å². The van der Waals surface area contributed by atoms with Crippen molar-refractivity contribution in [3.63, 3.8) is 0 Å². The van der Waals surface area contributed by atoms with Gasteiger partial charge in [-0.15, -0.1) is 0 Å². The average molecular weight is 370 g/mol. The highest BCUT2D eigenvalue weighted by molar-refractivity contribution is 6.52. The van der Waals surface area contributed by atoms with Gasteiger partial charge >= 0.3 is 7.12 Å². The SMILES string of the molecule is C[C@@H]1CN(C)C[C@H](C)N1Cc1ccc(C=CB2OC(C)(C)C(C)(C)O2)cc1. The number of nitrogens with zero attached hydrogens (tertiary/aromatic N) is 2. The van der Waals surface area contributed by atoms with E-state index in [0.29, 0.717) is 12.1 Å². The first-order valence-electron chi connectivity index (χ1n) is 10.1. The van der Waals surface area contributed by atoms with E-state index in [0.717, 1.165) is 19.6 Å². The van der Waals surface area contributed by atoms with Crippen LogP contribution in [0, 0.1) is 0 Å². The first kappa shape index (κ1) is 20.6. The van der Waals surface area contributed by atoms with Crippen LogP contribution in [0.4, 0.5) is 0 Å². The Morgan fingerprint density at radius 1 is 1.00 bits per heavy atom. The summed E-state index contributed by atoms with van der Waals surface area (Å²) in [6, 6.07) is 10.0. The molecule has 1 aromatic rings. The standard InChI is InChI=1S/C22H35BN2O2/c1-17-14-24(7)15-18(2)25(17)16-20-10-8-19(9-11-20)12-13-23-26-21(3,4)22(5,6)27-23/h8-13,17-18H,14-16H2,1-7H3/t17-,18+. The van der Waals surface area contributed by atoms with Gasteiger partial charge in [0.15, 0.2) is 0 Å². The van der Waals surface area contributed by atoms with Crippen LogP contribution in [0.3, 0.4) is 0 Å². The summed E-state index contributed by atoms with van der Waals surface area (Å²) in [7, 11) is 1.92. The summed E-state index contributed by atoms with van der Waals surface area (Å²) in [5, 5.41) is 0. The molecule has 2 aliphatic heterocycles. The van der Waals surface area contributed by atoms with Gasteiger partial charge in [-0.3, -0.25) is 4.90 Å². The maximum atomic E-state index is 6.02. The lowest BCUT2D eigenvalue weighted by Crippen LogP contribution is -2.54. The summed E-state index contributed by atoms with van der Waals surface area (Å²) in [6.07, 6.45) is 2.09. The smallest absolute Gasteiger partial charge is 0.400 e. The monoisotopic (exact) mass is 370 g/mol. The van der Waals surface area contributed by atoms with Gasteiger partial charge < -0.3 is 14.2 Å². The van der Waals surface area contributed by atoms with Crippen LogP contribution < -0.4 is 0 Å². The Morgan fingerprint density at radius 3 is 2.04 bits per heavy atom. The van der Waals surface area contributed by atoms with E-state index >= 15 is 0 Å². The second kappa shape index (κ2) is 7.71. The highest BCUT2D eigenvalue weighted by atomic mass is 16.7. The summed E-state index contributed by atoms with van der Waals surface area (Å²) in [6.45, 7) is 16.3. The largest absolute Gasteiger partial charge is 0.487 e. The number of piperazine rings is 1. The van der Waals surface area contributed by atoms with Gasteiger partial charge in [-0.05, 0) is 59.7 Å². The second-order valence-electron chi connectivity index (χ2n) is 9.32. The van der Waals surface area contributed by atoms with Crippen LogP contribution >= 0.6 is 0 Å². The zero-order valence-corrected chi connectivity index (χ0v) is 18.0. The zero-order valence-electron chi connectivity index (χ0n) is 18.0. The van der Waals surface area contributed by atoms with E-state index < -0.39 is 0 Å². The molecule has 0 spiro atoms. The molecule has 2 atom stereocenters. The van der Waals surface area contributed by atoms with Gasteiger partial charge in [-0.1, -0.05) is 36.3 Å². The van der Waals surface area contributed by atoms with Crippen LogP contribution in [0.25, 0.3) is 6.08 Å². The lowest BCUT2D eigenvalue weighted by atomic mass is 9.89. The number of hydrogen-bond acceptors (Lipinski definition) is 4. The minimum Gasteiger partial charge on any atom is -0.400 e. The van der Waals surface area contributed by atoms with E-state index in [1.807, 2.05) is 5.98 Å². The van der Waals surface area contributed by atoms with Gasteiger partial charge in [0.2, 0.25) is 0 Å². The molecule has 27 heavy (non-hydrogen) atoms. The predicted molar refractivity (Wildman–Crippen MR) is 114 cm³/mol. The fourth-order valence-corrected chi connectivity index (χ4v) is 4.03. The molecule has 0 aliphatic carbocycles. The normalized spacial score (nSPS) is 28.9. The average Bonchev–Trinajstić information content (AvgIpc) is 2.77. The Labute approximate surface area is 165 Å². The molecule has 2 aliphatic rings. The lowest BCUT2D eigenvalue weighted by molar-refractivity contribution is 0.00578.